The molecule has 0 aliphatic carbocycles. The molecule has 3 aromatic carbocycles. The fourth-order valence-electron chi connectivity index (χ4n) is 5.82. The molecule has 0 radical (unpaired) electrons. The predicted molar refractivity (Wildman–Crippen MR) is 158 cm³/mol. The van der Waals surface area contributed by atoms with Crippen molar-refractivity contribution < 1.29 is 19.1 Å². The molecule has 1 unspecified atom stereocenters. The third kappa shape index (κ3) is 5.24. The monoisotopic (exact) mass is 549 g/mol. The molecule has 2 aliphatic heterocycles. The second-order valence-electron chi connectivity index (χ2n) is 11.1. The molecule has 3 heterocycles. The van der Waals surface area contributed by atoms with E-state index in [2.05, 4.69) is 36.5 Å². The smallest absolute Gasteiger partial charge is 0.325 e. The Balaban J connectivity index is 1.07. The number of para-hydroxylation sites is 1. The molecule has 0 saturated carbocycles. The number of rotatable bonds is 10. The average molecular weight is 550 g/mol. The molecule has 4 aromatic rings. The number of urea groups is 1. The maximum atomic E-state index is 13.4. The minimum atomic E-state index is -1.06. The van der Waals surface area contributed by atoms with Crippen LogP contribution < -0.4 is 14.8 Å². The van der Waals surface area contributed by atoms with Crippen molar-refractivity contribution in [2.75, 3.05) is 19.8 Å². The number of carbonyl (C=O) groups excluding carboxylic acids is 2. The summed E-state index contributed by atoms with van der Waals surface area (Å²) < 4.78 is 12.0. The fraction of sp³-hybridized carbons (Fsp3) is 0.324. The molecule has 41 heavy (non-hydrogen) atoms. The Labute approximate surface area is 240 Å². The summed E-state index contributed by atoms with van der Waals surface area (Å²) in [5.41, 5.74) is 5.15. The Bertz CT molecular complexity index is 1600. The first kappa shape index (κ1) is 26.8. The van der Waals surface area contributed by atoms with Gasteiger partial charge in [0.15, 0.2) is 0 Å². The van der Waals surface area contributed by atoms with E-state index in [-0.39, 0.29) is 11.9 Å². The number of benzene rings is 3. The highest BCUT2D eigenvalue weighted by atomic mass is 16.5. The van der Waals surface area contributed by atoms with Crippen LogP contribution in [0.3, 0.4) is 0 Å². The lowest BCUT2D eigenvalue weighted by atomic mass is 9.90. The van der Waals surface area contributed by atoms with Gasteiger partial charge >= 0.3 is 6.03 Å². The Morgan fingerprint density at radius 1 is 1.02 bits per heavy atom. The Morgan fingerprint density at radius 2 is 1.88 bits per heavy atom. The molecule has 1 atom stereocenters. The van der Waals surface area contributed by atoms with Gasteiger partial charge in [-0.05, 0) is 73.6 Å². The first-order valence-electron chi connectivity index (χ1n) is 14.4. The summed E-state index contributed by atoms with van der Waals surface area (Å²) >= 11 is 0. The zero-order chi connectivity index (χ0) is 28.4. The summed E-state index contributed by atoms with van der Waals surface area (Å²) in [6.07, 6.45) is 5.85. The van der Waals surface area contributed by atoms with Crippen molar-refractivity contribution in [2.45, 2.75) is 51.5 Å². The molecule has 1 fully saturated rings. The van der Waals surface area contributed by atoms with Gasteiger partial charge in [0.2, 0.25) is 0 Å². The van der Waals surface area contributed by atoms with Crippen molar-refractivity contribution in [3.63, 3.8) is 0 Å². The molecule has 7 heteroatoms. The van der Waals surface area contributed by atoms with Crippen LogP contribution in [-0.4, -0.2) is 41.6 Å². The lowest BCUT2D eigenvalue weighted by molar-refractivity contribution is -0.131. The van der Waals surface area contributed by atoms with E-state index in [4.69, 9.17) is 14.5 Å². The fourth-order valence-corrected chi connectivity index (χ4v) is 5.82. The third-order valence-electron chi connectivity index (χ3n) is 8.18. The highest BCUT2D eigenvalue weighted by molar-refractivity contribution is 6.07. The van der Waals surface area contributed by atoms with Gasteiger partial charge in [0, 0.05) is 36.5 Å². The minimum absolute atomic E-state index is 0.207. The van der Waals surface area contributed by atoms with Gasteiger partial charge in [-0.2, -0.15) is 0 Å². The van der Waals surface area contributed by atoms with E-state index >= 15 is 0 Å². The maximum Gasteiger partial charge on any atom is 0.325 e. The lowest BCUT2D eigenvalue weighted by Crippen LogP contribution is -2.41. The van der Waals surface area contributed by atoms with Crippen molar-refractivity contribution in [1.29, 1.82) is 0 Å². The SMILES string of the molecule is Cc1cccc2c(OCCCCCN3C(=O)NC(C)(c4ccc5c(c4)CCO5)C3=O)c(Cc3ccccc3)cnc12. The van der Waals surface area contributed by atoms with E-state index in [1.165, 1.54) is 10.5 Å². The number of amides is 3. The highest BCUT2D eigenvalue weighted by Crippen LogP contribution is 2.35. The number of pyridine rings is 1. The number of nitrogens with one attached hydrogen (secondary N) is 1. The topological polar surface area (TPSA) is 80.8 Å². The molecule has 6 rings (SSSR count). The van der Waals surface area contributed by atoms with Gasteiger partial charge < -0.3 is 14.8 Å². The van der Waals surface area contributed by atoms with Gasteiger partial charge in [0.25, 0.3) is 5.91 Å². The molecule has 1 N–H and O–H groups in total. The van der Waals surface area contributed by atoms with Crippen LogP contribution in [0, 0.1) is 6.92 Å². The van der Waals surface area contributed by atoms with Crippen molar-refractivity contribution in [3.05, 3.63) is 101 Å². The van der Waals surface area contributed by atoms with Crippen LogP contribution in [0.1, 0.15) is 54.0 Å². The Hall–Kier alpha value is -4.39. The van der Waals surface area contributed by atoms with Gasteiger partial charge in [0.05, 0.1) is 18.7 Å². The van der Waals surface area contributed by atoms with Crippen LogP contribution in [-0.2, 0) is 23.2 Å². The van der Waals surface area contributed by atoms with Crippen LogP contribution in [0.2, 0.25) is 0 Å². The number of hydrogen-bond donors (Lipinski definition) is 1. The first-order chi connectivity index (χ1) is 19.9. The number of imide groups is 1. The molecular formula is C34H35N3O4. The van der Waals surface area contributed by atoms with Gasteiger partial charge in [0.1, 0.15) is 17.0 Å². The highest BCUT2D eigenvalue weighted by Gasteiger charge is 2.48. The molecule has 210 valence electrons. The number of fused-ring (bicyclic) bond motifs is 2. The number of unbranched alkanes of at least 4 members (excludes halogenated alkanes) is 2. The van der Waals surface area contributed by atoms with E-state index < -0.39 is 5.54 Å². The number of aromatic nitrogens is 1. The zero-order valence-electron chi connectivity index (χ0n) is 23.6. The number of ether oxygens (including phenoxy) is 2. The minimum Gasteiger partial charge on any atom is -0.493 e. The normalized spacial score (nSPS) is 18.0. The van der Waals surface area contributed by atoms with Crippen molar-refractivity contribution >= 4 is 22.8 Å². The lowest BCUT2D eigenvalue weighted by Gasteiger charge is -2.23. The number of hydrogen-bond acceptors (Lipinski definition) is 5. The second-order valence-corrected chi connectivity index (χ2v) is 11.1. The summed E-state index contributed by atoms with van der Waals surface area (Å²) in [4.78, 5) is 32.2. The van der Waals surface area contributed by atoms with Gasteiger partial charge in [-0.1, -0.05) is 48.5 Å². The standard InChI is InChI=1S/C34H35N3O4/c1-23-10-9-13-28-30(23)35-22-26(20-24-11-5-3-6-12-24)31(28)41-18-8-4-7-17-37-32(38)34(2,36-33(37)39)27-14-15-29-25(21-27)16-19-40-29/h3,5-6,9-15,21-22H,4,7-8,16-20H2,1-2H3,(H,36,39). The summed E-state index contributed by atoms with van der Waals surface area (Å²) in [6, 6.07) is 21.9. The van der Waals surface area contributed by atoms with Crippen molar-refractivity contribution in [2.24, 2.45) is 0 Å². The van der Waals surface area contributed by atoms with E-state index in [1.807, 2.05) is 48.7 Å². The van der Waals surface area contributed by atoms with Crippen molar-refractivity contribution in [1.82, 2.24) is 15.2 Å². The quantitative estimate of drug-likeness (QED) is 0.191. The van der Waals surface area contributed by atoms with E-state index in [0.29, 0.717) is 26.2 Å². The summed E-state index contributed by atoms with van der Waals surface area (Å²) in [5, 5.41) is 3.95. The first-order valence-corrected chi connectivity index (χ1v) is 14.4. The van der Waals surface area contributed by atoms with E-state index in [0.717, 1.165) is 70.3 Å². The molecule has 7 nitrogen and oxygen atoms in total. The number of aryl methyl sites for hydroxylation is 1. The number of carbonyl (C=O) groups is 2. The van der Waals surface area contributed by atoms with Crippen LogP contribution in [0.25, 0.3) is 10.9 Å². The van der Waals surface area contributed by atoms with E-state index in [1.54, 1.807) is 6.92 Å². The Morgan fingerprint density at radius 3 is 2.73 bits per heavy atom. The summed E-state index contributed by atoms with van der Waals surface area (Å²) in [7, 11) is 0. The molecular weight excluding hydrogens is 514 g/mol. The second kappa shape index (κ2) is 11.2. The molecule has 1 aromatic heterocycles. The molecule has 3 amide bonds. The molecule has 0 spiro atoms. The zero-order valence-corrected chi connectivity index (χ0v) is 23.6. The third-order valence-corrected chi connectivity index (χ3v) is 8.18. The van der Waals surface area contributed by atoms with E-state index in [9.17, 15) is 9.59 Å². The average Bonchev–Trinajstić information content (AvgIpc) is 3.54. The Kier molecular flexibility index (Phi) is 7.35. The maximum absolute atomic E-state index is 13.4. The van der Waals surface area contributed by atoms with Crippen LogP contribution in [0.4, 0.5) is 4.79 Å². The molecule has 2 aliphatic rings. The summed E-state index contributed by atoms with van der Waals surface area (Å²) in [5.74, 6) is 1.53. The van der Waals surface area contributed by atoms with Crippen molar-refractivity contribution in [3.8, 4) is 11.5 Å². The molecule has 1 saturated heterocycles. The number of nitrogens with zero attached hydrogens (tertiary/aromatic N) is 2. The predicted octanol–water partition coefficient (Wildman–Crippen LogP) is 6.09. The summed E-state index contributed by atoms with van der Waals surface area (Å²) in [6.45, 7) is 5.42. The van der Waals surface area contributed by atoms with Gasteiger partial charge in [-0.25, -0.2) is 4.79 Å². The molecule has 0 bridgehead atoms. The van der Waals surface area contributed by atoms with Crippen LogP contribution in [0.15, 0.2) is 72.9 Å². The van der Waals surface area contributed by atoms with Gasteiger partial charge in [-0.3, -0.25) is 14.7 Å². The largest absolute Gasteiger partial charge is 0.493 e. The van der Waals surface area contributed by atoms with Crippen LogP contribution in [0.5, 0.6) is 11.5 Å². The van der Waals surface area contributed by atoms with Gasteiger partial charge in [-0.15, -0.1) is 0 Å². The van der Waals surface area contributed by atoms with Crippen LogP contribution >= 0.6 is 0 Å².